The van der Waals surface area contributed by atoms with Gasteiger partial charge in [-0.25, -0.2) is 5.01 Å². The normalized spacial score (nSPS) is 17.6. The Morgan fingerprint density at radius 3 is 2.66 bits per heavy atom. The first-order valence-electron chi connectivity index (χ1n) is 11.7. The molecule has 1 amide bonds. The van der Waals surface area contributed by atoms with E-state index in [1.807, 2.05) is 36.4 Å². The van der Waals surface area contributed by atoms with Crippen molar-refractivity contribution >= 4 is 23.4 Å². The van der Waals surface area contributed by atoms with Crippen LogP contribution >= 0.6 is 11.8 Å². The summed E-state index contributed by atoms with van der Waals surface area (Å²) in [5.41, 5.74) is 4.01. The molecule has 0 saturated heterocycles. The summed E-state index contributed by atoms with van der Waals surface area (Å²) in [6.45, 7) is 2.05. The van der Waals surface area contributed by atoms with E-state index < -0.39 is 0 Å². The zero-order valence-corrected chi connectivity index (χ0v) is 20.1. The Hall–Kier alpha value is -3.72. The van der Waals surface area contributed by atoms with Gasteiger partial charge in [0.1, 0.15) is 11.8 Å². The summed E-state index contributed by atoms with van der Waals surface area (Å²) in [6, 6.07) is 15.9. The molecule has 1 saturated carbocycles. The van der Waals surface area contributed by atoms with Crippen molar-refractivity contribution in [3.05, 3.63) is 84.1 Å². The van der Waals surface area contributed by atoms with Crippen LogP contribution in [0.1, 0.15) is 48.2 Å². The standard InChI is InChI=1S/C26H24N6O2S/c1-17-6-8-18(9-7-17)21-14-22(23-5-3-13-34-23)32(30-21)24(33)16-35-26-29-28-25(31(26)20-10-11-20)19-4-2-12-27-15-19/h2-9,12-13,15,20,22H,10-11,14,16H2,1H3/t22-/m1/s1. The van der Waals surface area contributed by atoms with Crippen molar-refractivity contribution in [3.63, 3.8) is 0 Å². The van der Waals surface area contributed by atoms with E-state index in [9.17, 15) is 4.79 Å². The molecular formula is C26H24N6O2S. The van der Waals surface area contributed by atoms with Gasteiger partial charge in [-0.1, -0.05) is 41.6 Å². The molecule has 4 heterocycles. The number of hydrogen-bond acceptors (Lipinski definition) is 7. The number of aryl methyl sites for hydroxylation is 1. The van der Waals surface area contributed by atoms with Crippen molar-refractivity contribution in [1.82, 2.24) is 24.8 Å². The van der Waals surface area contributed by atoms with Gasteiger partial charge in [0.2, 0.25) is 0 Å². The molecule has 1 atom stereocenters. The third-order valence-corrected chi connectivity index (χ3v) is 7.17. The van der Waals surface area contributed by atoms with Gasteiger partial charge in [-0.3, -0.25) is 14.3 Å². The second-order valence-electron chi connectivity index (χ2n) is 8.82. The van der Waals surface area contributed by atoms with E-state index in [0.717, 1.165) is 46.4 Å². The maximum Gasteiger partial charge on any atom is 0.253 e. The van der Waals surface area contributed by atoms with Crippen LogP contribution in [-0.2, 0) is 4.79 Å². The summed E-state index contributed by atoms with van der Waals surface area (Å²) < 4.78 is 7.81. The van der Waals surface area contributed by atoms with Gasteiger partial charge in [-0.15, -0.1) is 10.2 Å². The minimum atomic E-state index is -0.262. The van der Waals surface area contributed by atoms with Crippen LogP contribution in [0.4, 0.5) is 0 Å². The Kier molecular flexibility index (Phi) is 5.69. The number of thioether (sulfide) groups is 1. The number of carbonyl (C=O) groups is 1. The van der Waals surface area contributed by atoms with E-state index in [4.69, 9.17) is 9.52 Å². The van der Waals surface area contributed by atoms with Crippen LogP contribution in [0.15, 0.2) is 81.9 Å². The van der Waals surface area contributed by atoms with Gasteiger partial charge in [-0.2, -0.15) is 5.10 Å². The quantitative estimate of drug-likeness (QED) is 0.341. The summed E-state index contributed by atoms with van der Waals surface area (Å²) in [6.07, 6.45) is 7.95. The zero-order chi connectivity index (χ0) is 23.8. The first kappa shape index (κ1) is 21.8. The first-order valence-corrected chi connectivity index (χ1v) is 12.6. The molecule has 1 aliphatic carbocycles. The second kappa shape index (κ2) is 9.14. The third-order valence-electron chi connectivity index (χ3n) is 6.24. The second-order valence-corrected chi connectivity index (χ2v) is 9.77. The number of nitrogens with zero attached hydrogens (tertiary/aromatic N) is 6. The molecule has 0 spiro atoms. The van der Waals surface area contributed by atoms with Crippen LogP contribution in [0.25, 0.3) is 11.4 Å². The lowest BCUT2D eigenvalue weighted by Gasteiger charge is -2.19. The molecule has 9 heteroatoms. The van der Waals surface area contributed by atoms with Crippen molar-refractivity contribution in [2.24, 2.45) is 5.10 Å². The van der Waals surface area contributed by atoms with Crippen LogP contribution in [0.2, 0.25) is 0 Å². The number of furan rings is 1. The summed E-state index contributed by atoms with van der Waals surface area (Å²) in [5.74, 6) is 1.64. The summed E-state index contributed by atoms with van der Waals surface area (Å²) in [5, 5.41) is 15.9. The highest BCUT2D eigenvalue weighted by Crippen LogP contribution is 2.41. The Labute approximate surface area is 207 Å². The van der Waals surface area contributed by atoms with Crippen molar-refractivity contribution in [2.75, 3.05) is 5.75 Å². The van der Waals surface area contributed by atoms with Gasteiger partial charge in [0.15, 0.2) is 11.0 Å². The molecule has 1 aromatic carbocycles. The molecule has 0 radical (unpaired) electrons. The molecule has 3 aromatic heterocycles. The van der Waals surface area contributed by atoms with Crippen molar-refractivity contribution < 1.29 is 9.21 Å². The highest BCUT2D eigenvalue weighted by Gasteiger charge is 2.36. The number of hydrazone groups is 1. The molecule has 0 unspecified atom stereocenters. The van der Waals surface area contributed by atoms with E-state index in [2.05, 4.69) is 38.8 Å². The van der Waals surface area contributed by atoms with E-state index in [1.165, 1.54) is 17.3 Å². The number of aromatic nitrogens is 4. The number of carbonyl (C=O) groups excluding carboxylic acids is 1. The van der Waals surface area contributed by atoms with Crippen molar-refractivity contribution in [3.8, 4) is 11.4 Å². The number of hydrogen-bond donors (Lipinski definition) is 0. The number of benzene rings is 1. The maximum atomic E-state index is 13.4. The summed E-state index contributed by atoms with van der Waals surface area (Å²) in [7, 11) is 0. The van der Waals surface area contributed by atoms with Crippen molar-refractivity contribution in [2.45, 2.75) is 43.4 Å². The lowest BCUT2D eigenvalue weighted by molar-refractivity contribution is -0.130. The van der Waals surface area contributed by atoms with Gasteiger partial charge < -0.3 is 4.42 Å². The SMILES string of the molecule is Cc1ccc(C2=NN(C(=O)CSc3nnc(-c4cccnc4)n3C3CC3)[C@@H](c3ccco3)C2)cc1. The van der Waals surface area contributed by atoms with E-state index in [-0.39, 0.29) is 17.7 Å². The van der Waals surface area contributed by atoms with Gasteiger partial charge in [-0.05, 0) is 49.6 Å². The minimum absolute atomic E-state index is 0.0909. The van der Waals surface area contributed by atoms with Gasteiger partial charge in [0.05, 0.1) is 17.7 Å². The molecule has 2 aliphatic rings. The molecule has 1 aliphatic heterocycles. The maximum absolute atomic E-state index is 13.4. The molecule has 6 rings (SSSR count). The molecule has 0 bridgehead atoms. The lowest BCUT2D eigenvalue weighted by atomic mass is 10.0. The highest BCUT2D eigenvalue weighted by atomic mass is 32.2. The Balaban J connectivity index is 1.24. The molecule has 35 heavy (non-hydrogen) atoms. The smallest absolute Gasteiger partial charge is 0.253 e. The van der Waals surface area contributed by atoms with Crippen LogP contribution < -0.4 is 0 Å². The summed E-state index contributed by atoms with van der Waals surface area (Å²) >= 11 is 1.40. The third kappa shape index (κ3) is 4.39. The number of pyridine rings is 1. The van der Waals surface area contributed by atoms with Crippen molar-refractivity contribution in [1.29, 1.82) is 0 Å². The number of amides is 1. The Morgan fingerprint density at radius 1 is 1.09 bits per heavy atom. The van der Waals surface area contributed by atoms with E-state index in [1.54, 1.807) is 23.7 Å². The van der Waals surface area contributed by atoms with E-state index in [0.29, 0.717) is 12.5 Å². The zero-order valence-electron chi connectivity index (χ0n) is 19.2. The lowest BCUT2D eigenvalue weighted by Crippen LogP contribution is -2.28. The van der Waals surface area contributed by atoms with Crippen LogP contribution in [0.5, 0.6) is 0 Å². The molecule has 176 valence electrons. The fraction of sp³-hybridized carbons (Fsp3) is 0.269. The van der Waals surface area contributed by atoms with Gasteiger partial charge in [0, 0.05) is 30.4 Å². The predicted molar refractivity (Wildman–Crippen MR) is 133 cm³/mol. The van der Waals surface area contributed by atoms with E-state index >= 15 is 0 Å². The largest absolute Gasteiger partial charge is 0.467 e. The monoisotopic (exact) mass is 484 g/mol. The molecule has 4 aromatic rings. The molecule has 0 N–H and O–H groups in total. The number of rotatable bonds is 7. The van der Waals surface area contributed by atoms with Crippen LogP contribution in [-0.4, -0.2) is 42.1 Å². The molecule has 1 fully saturated rings. The fourth-order valence-corrected chi connectivity index (χ4v) is 5.14. The first-order chi connectivity index (χ1) is 17.2. The average Bonchev–Trinajstić information content (AvgIpc) is 3.28. The fourth-order valence-electron chi connectivity index (χ4n) is 4.28. The topological polar surface area (TPSA) is 89.4 Å². The predicted octanol–water partition coefficient (Wildman–Crippen LogP) is 5.05. The van der Waals surface area contributed by atoms with Gasteiger partial charge >= 0.3 is 0 Å². The van der Waals surface area contributed by atoms with Gasteiger partial charge in [0.25, 0.3) is 5.91 Å². The van der Waals surface area contributed by atoms with Crippen LogP contribution in [0, 0.1) is 6.92 Å². The Bertz CT molecular complexity index is 1360. The molecule has 8 nitrogen and oxygen atoms in total. The Morgan fingerprint density at radius 2 is 1.94 bits per heavy atom. The molecular weight excluding hydrogens is 460 g/mol. The highest BCUT2D eigenvalue weighted by molar-refractivity contribution is 7.99. The average molecular weight is 485 g/mol. The summed E-state index contributed by atoms with van der Waals surface area (Å²) in [4.78, 5) is 17.6. The minimum Gasteiger partial charge on any atom is -0.467 e. The van der Waals surface area contributed by atoms with Crippen LogP contribution in [0.3, 0.4) is 0 Å².